The second-order valence-corrected chi connectivity index (χ2v) is 6.91. The summed E-state index contributed by atoms with van der Waals surface area (Å²) in [5, 5.41) is 10.6. The number of likely N-dealkylation sites (tertiary alicyclic amines) is 1. The molecule has 1 heterocycles. The lowest BCUT2D eigenvalue weighted by molar-refractivity contribution is -0.0290. The van der Waals surface area contributed by atoms with Crippen LogP contribution in [-0.2, 0) is 0 Å². The highest BCUT2D eigenvalue weighted by atomic mass is 16.3. The lowest BCUT2D eigenvalue weighted by atomic mass is 9.75. The number of fused-ring (bicyclic) bond motifs is 1. The number of nitrogens with zero attached hydrogens (tertiary/aromatic N) is 1. The molecule has 0 aromatic rings. The molecule has 104 valence electrons. The van der Waals surface area contributed by atoms with Crippen LogP contribution in [0.4, 0.5) is 0 Å². The first-order valence-electron chi connectivity index (χ1n) is 7.86. The summed E-state index contributed by atoms with van der Waals surface area (Å²) in [7, 11) is 0. The highest BCUT2D eigenvalue weighted by Crippen LogP contribution is 2.41. The number of piperidine rings is 1. The molecule has 3 nitrogen and oxygen atoms in total. The summed E-state index contributed by atoms with van der Waals surface area (Å²) in [4.78, 5) is 2.50. The van der Waals surface area contributed by atoms with Crippen LogP contribution in [0.15, 0.2) is 0 Å². The maximum atomic E-state index is 10.6. The molecule has 3 atom stereocenters. The lowest BCUT2D eigenvalue weighted by Crippen LogP contribution is -2.53. The molecule has 2 aliphatic carbocycles. The average Bonchev–Trinajstić information content (AvgIpc) is 3.23. The van der Waals surface area contributed by atoms with E-state index < -0.39 is 5.60 Å². The van der Waals surface area contributed by atoms with E-state index in [2.05, 4.69) is 4.90 Å². The number of nitrogens with two attached hydrogens (primary N) is 1. The summed E-state index contributed by atoms with van der Waals surface area (Å²) in [5.74, 6) is 2.35. The summed E-state index contributed by atoms with van der Waals surface area (Å²) in [6.07, 6.45) is 9.40. The van der Waals surface area contributed by atoms with Gasteiger partial charge >= 0.3 is 0 Å². The van der Waals surface area contributed by atoms with Crippen LogP contribution in [0, 0.1) is 17.8 Å². The topological polar surface area (TPSA) is 49.5 Å². The van der Waals surface area contributed by atoms with Gasteiger partial charge in [-0.05, 0) is 50.0 Å². The zero-order valence-corrected chi connectivity index (χ0v) is 11.5. The Morgan fingerprint density at radius 1 is 1.06 bits per heavy atom. The van der Waals surface area contributed by atoms with Gasteiger partial charge in [0.05, 0.1) is 5.60 Å². The van der Waals surface area contributed by atoms with Crippen LogP contribution < -0.4 is 5.73 Å². The number of β-amino-alcohol motifs (C(OH)–C–C–N with tert-alkyl or cyclic N) is 1. The van der Waals surface area contributed by atoms with Gasteiger partial charge in [0.1, 0.15) is 0 Å². The lowest BCUT2D eigenvalue weighted by Gasteiger charge is -2.44. The maximum absolute atomic E-state index is 10.6. The molecule has 3 aliphatic rings. The highest BCUT2D eigenvalue weighted by molar-refractivity contribution is 4.98. The quantitative estimate of drug-likeness (QED) is 0.799. The van der Waals surface area contributed by atoms with Crippen molar-refractivity contribution in [2.24, 2.45) is 23.5 Å². The molecular formula is C15H28N2O. The SMILES string of the molecule is NCC(O)(CN1CCC2CCCCC2C1)C1CC1. The van der Waals surface area contributed by atoms with Crippen molar-refractivity contribution in [1.29, 1.82) is 0 Å². The summed E-state index contributed by atoms with van der Waals surface area (Å²) in [5.41, 5.74) is 5.22. The second kappa shape index (κ2) is 5.10. The van der Waals surface area contributed by atoms with Crippen molar-refractivity contribution in [2.45, 2.75) is 50.5 Å². The van der Waals surface area contributed by atoms with Gasteiger partial charge in [-0.25, -0.2) is 0 Å². The third-order valence-corrected chi connectivity index (χ3v) is 5.56. The van der Waals surface area contributed by atoms with Gasteiger partial charge in [-0.3, -0.25) is 0 Å². The van der Waals surface area contributed by atoms with Gasteiger partial charge in [0.2, 0.25) is 0 Å². The Hall–Kier alpha value is -0.120. The third kappa shape index (κ3) is 2.59. The first kappa shape index (κ1) is 12.9. The summed E-state index contributed by atoms with van der Waals surface area (Å²) in [6.45, 7) is 3.63. The van der Waals surface area contributed by atoms with E-state index in [-0.39, 0.29) is 0 Å². The van der Waals surface area contributed by atoms with Gasteiger partial charge in [0, 0.05) is 19.6 Å². The number of aliphatic hydroxyl groups is 1. The molecule has 0 aromatic heterocycles. The minimum absolute atomic E-state index is 0.433. The molecule has 0 amide bonds. The zero-order valence-electron chi connectivity index (χ0n) is 11.5. The van der Waals surface area contributed by atoms with Gasteiger partial charge in [0.15, 0.2) is 0 Å². The summed E-state index contributed by atoms with van der Waals surface area (Å²) >= 11 is 0. The van der Waals surface area contributed by atoms with Crippen LogP contribution in [0.2, 0.25) is 0 Å². The predicted molar refractivity (Wildman–Crippen MR) is 73.2 cm³/mol. The molecule has 0 bridgehead atoms. The molecule has 3 fully saturated rings. The van der Waals surface area contributed by atoms with Gasteiger partial charge < -0.3 is 15.7 Å². The summed E-state index contributed by atoms with van der Waals surface area (Å²) < 4.78 is 0. The fourth-order valence-corrected chi connectivity index (χ4v) is 4.19. The highest BCUT2D eigenvalue weighted by Gasteiger charge is 2.44. The Labute approximate surface area is 111 Å². The Bertz CT molecular complexity index is 292. The van der Waals surface area contributed by atoms with Gasteiger partial charge in [0.25, 0.3) is 0 Å². The molecule has 2 saturated carbocycles. The van der Waals surface area contributed by atoms with E-state index in [1.54, 1.807) is 0 Å². The minimum Gasteiger partial charge on any atom is -0.387 e. The van der Waals surface area contributed by atoms with Crippen molar-refractivity contribution < 1.29 is 5.11 Å². The molecule has 3 N–H and O–H groups in total. The Morgan fingerprint density at radius 3 is 2.44 bits per heavy atom. The van der Waals surface area contributed by atoms with E-state index in [1.165, 1.54) is 58.0 Å². The molecule has 1 saturated heterocycles. The molecular weight excluding hydrogens is 224 g/mol. The van der Waals surface area contributed by atoms with Crippen molar-refractivity contribution in [3.63, 3.8) is 0 Å². The van der Waals surface area contributed by atoms with E-state index in [1.807, 2.05) is 0 Å². The molecule has 0 spiro atoms. The Morgan fingerprint density at radius 2 is 1.78 bits per heavy atom. The normalized spacial score (nSPS) is 37.0. The van der Waals surface area contributed by atoms with E-state index in [9.17, 15) is 5.11 Å². The van der Waals surface area contributed by atoms with Crippen molar-refractivity contribution >= 4 is 0 Å². The van der Waals surface area contributed by atoms with Crippen molar-refractivity contribution in [3.8, 4) is 0 Å². The molecule has 3 unspecified atom stereocenters. The van der Waals surface area contributed by atoms with Crippen LogP contribution in [0.25, 0.3) is 0 Å². The predicted octanol–water partition coefficient (Wildman–Crippen LogP) is 1.60. The molecule has 1 aliphatic heterocycles. The molecule has 0 radical (unpaired) electrons. The summed E-state index contributed by atoms with van der Waals surface area (Å²) in [6, 6.07) is 0. The molecule has 3 rings (SSSR count). The van der Waals surface area contributed by atoms with Crippen molar-refractivity contribution in [3.05, 3.63) is 0 Å². The van der Waals surface area contributed by atoms with Crippen LogP contribution in [0.5, 0.6) is 0 Å². The Kier molecular flexibility index (Phi) is 3.65. The largest absolute Gasteiger partial charge is 0.387 e. The smallest absolute Gasteiger partial charge is 0.0923 e. The molecule has 0 aromatic carbocycles. The number of hydrogen-bond acceptors (Lipinski definition) is 3. The third-order valence-electron chi connectivity index (χ3n) is 5.56. The van der Waals surface area contributed by atoms with Crippen LogP contribution in [-0.4, -0.2) is 41.8 Å². The molecule has 3 heteroatoms. The van der Waals surface area contributed by atoms with Crippen LogP contribution >= 0.6 is 0 Å². The monoisotopic (exact) mass is 252 g/mol. The van der Waals surface area contributed by atoms with E-state index in [0.29, 0.717) is 12.5 Å². The van der Waals surface area contributed by atoms with E-state index in [0.717, 1.165) is 18.4 Å². The number of hydrogen-bond donors (Lipinski definition) is 2. The van der Waals surface area contributed by atoms with Crippen LogP contribution in [0.3, 0.4) is 0 Å². The van der Waals surface area contributed by atoms with E-state index >= 15 is 0 Å². The second-order valence-electron chi connectivity index (χ2n) is 6.91. The minimum atomic E-state index is -0.596. The van der Waals surface area contributed by atoms with Crippen molar-refractivity contribution in [2.75, 3.05) is 26.2 Å². The van der Waals surface area contributed by atoms with Gasteiger partial charge in [-0.1, -0.05) is 19.3 Å². The standard InChI is InChI=1S/C15H28N2O/c16-10-15(18,14-5-6-14)11-17-8-7-12-3-1-2-4-13(12)9-17/h12-14,18H,1-11,16H2. The number of rotatable bonds is 4. The fraction of sp³-hybridized carbons (Fsp3) is 1.00. The van der Waals surface area contributed by atoms with E-state index in [4.69, 9.17) is 5.73 Å². The average molecular weight is 252 g/mol. The fourth-order valence-electron chi connectivity index (χ4n) is 4.19. The maximum Gasteiger partial charge on any atom is 0.0923 e. The van der Waals surface area contributed by atoms with Crippen molar-refractivity contribution in [1.82, 2.24) is 4.90 Å². The van der Waals surface area contributed by atoms with Gasteiger partial charge in [-0.2, -0.15) is 0 Å². The first-order valence-corrected chi connectivity index (χ1v) is 7.86. The molecule has 18 heavy (non-hydrogen) atoms. The van der Waals surface area contributed by atoms with Crippen LogP contribution in [0.1, 0.15) is 44.9 Å². The zero-order chi connectivity index (χ0) is 12.6. The van der Waals surface area contributed by atoms with Gasteiger partial charge in [-0.15, -0.1) is 0 Å². The first-order chi connectivity index (χ1) is 8.71. The Balaban J connectivity index is 1.57.